The number of hydrogen-bond donors (Lipinski definition) is 1. The van der Waals surface area contributed by atoms with E-state index in [4.69, 9.17) is 23.2 Å². The van der Waals surface area contributed by atoms with E-state index in [-0.39, 0.29) is 0 Å². The van der Waals surface area contributed by atoms with Crippen molar-refractivity contribution in [3.63, 3.8) is 0 Å². The van der Waals surface area contributed by atoms with Crippen LogP contribution in [0.4, 0.5) is 0 Å². The van der Waals surface area contributed by atoms with E-state index in [0.717, 1.165) is 27.2 Å². The van der Waals surface area contributed by atoms with Gasteiger partial charge >= 0.3 is 0 Å². The van der Waals surface area contributed by atoms with Crippen molar-refractivity contribution in [3.05, 3.63) is 52.3 Å². The van der Waals surface area contributed by atoms with Gasteiger partial charge in [-0.25, -0.2) is 0 Å². The van der Waals surface area contributed by atoms with Crippen LogP contribution in [0.3, 0.4) is 0 Å². The van der Waals surface area contributed by atoms with E-state index in [2.05, 4.69) is 35.3 Å². The van der Waals surface area contributed by atoms with Gasteiger partial charge in [0, 0.05) is 47.7 Å². The van der Waals surface area contributed by atoms with Crippen LogP contribution in [-0.2, 0) is 7.05 Å². The maximum absolute atomic E-state index is 6.13. The van der Waals surface area contributed by atoms with Crippen molar-refractivity contribution >= 4 is 35.0 Å². The lowest BCUT2D eigenvalue weighted by Crippen LogP contribution is -2.21. The lowest BCUT2D eigenvalue weighted by Gasteiger charge is -2.12. The van der Waals surface area contributed by atoms with Gasteiger partial charge < -0.3 is 9.88 Å². The predicted octanol–water partition coefficient (Wildman–Crippen LogP) is 4.77. The van der Waals surface area contributed by atoms with E-state index in [1.165, 1.54) is 5.56 Å². The van der Waals surface area contributed by atoms with Crippen molar-refractivity contribution in [1.82, 2.24) is 9.88 Å². The molecule has 2 aromatic rings. The van der Waals surface area contributed by atoms with Crippen LogP contribution in [0.2, 0.25) is 10.0 Å². The first kappa shape index (κ1) is 15.8. The Balaban J connectivity index is 1.77. The van der Waals surface area contributed by atoms with Gasteiger partial charge in [-0.3, -0.25) is 0 Å². The fourth-order valence-electron chi connectivity index (χ4n) is 1.92. The van der Waals surface area contributed by atoms with Gasteiger partial charge in [0.25, 0.3) is 0 Å². The summed E-state index contributed by atoms with van der Waals surface area (Å²) in [6.45, 7) is 3.09. The Morgan fingerprint density at radius 3 is 2.80 bits per heavy atom. The molecule has 0 saturated carbocycles. The zero-order valence-corrected chi connectivity index (χ0v) is 13.9. The molecule has 0 bridgehead atoms. The van der Waals surface area contributed by atoms with Crippen LogP contribution in [0.1, 0.15) is 18.5 Å². The van der Waals surface area contributed by atoms with Gasteiger partial charge in [0.1, 0.15) is 0 Å². The quantitative estimate of drug-likeness (QED) is 0.607. The lowest BCUT2D eigenvalue weighted by molar-refractivity contribution is 0.600. The number of aromatic nitrogens is 1. The Kier molecular flexibility index (Phi) is 5.85. The first-order valence-corrected chi connectivity index (χ1v) is 8.23. The van der Waals surface area contributed by atoms with Crippen molar-refractivity contribution in [2.24, 2.45) is 7.05 Å². The molecule has 1 atom stereocenters. The van der Waals surface area contributed by atoms with Gasteiger partial charge in [0.2, 0.25) is 0 Å². The van der Waals surface area contributed by atoms with Gasteiger partial charge in [0.15, 0.2) is 0 Å². The van der Waals surface area contributed by atoms with E-state index in [9.17, 15) is 0 Å². The highest BCUT2D eigenvalue weighted by Gasteiger charge is 2.06. The Hall–Kier alpha value is -0.610. The summed E-state index contributed by atoms with van der Waals surface area (Å²) in [6.07, 6.45) is 4.20. The van der Waals surface area contributed by atoms with E-state index < -0.39 is 0 Å². The highest BCUT2D eigenvalue weighted by molar-refractivity contribution is 7.99. The Bertz CT molecular complexity index is 569. The average Bonchev–Trinajstić information content (AvgIpc) is 2.85. The first-order valence-electron chi connectivity index (χ1n) is 6.49. The number of aryl methyl sites for hydroxylation is 1. The zero-order valence-electron chi connectivity index (χ0n) is 11.6. The van der Waals surface area contributed by atoms with Crippen LogP contribution in [0.15, 0.2) is 41.6 Å². The predicted molar refractivity (Wildman–Crippen MR) is 89.0 cm³/mol. The molecule has 108 valence electrons. The maximum atomic E-state index is 6.13. The SMILES string of the molecule is CC(NCCSc1cc(Cl)ccc1Cl)c1ccn(C)c1. The Morgan fingerprint density at radius 2 is 2.10 bits per heavy atom. The number of hydrogen-bond acceptors (Lipinski definition) is 2. The smallest absolute Gasteiger partial charge is 0.0542 e. The van der Waals surface area contributed by atoms with Gasteiger partial charge in [0.05, 0.1) is 5.02 Å². The minimum Gasteiger partial charge on any atom is -0.357 e. The van der Waals surface area contributed by atoms with Crippen LogP contribution in [-0.4, -0.2) is 16.9 Å². The van der Waals surface area contributed by atoms with Crippen LogP contribution in [0.25, 0.3) is 0 Å². The summed E-state index contributed by atoms with van der Waals surface area (Å²) in [4.78, 5) is 1.04. The van der Waals surface area contributed by atoms with Crippen LogP contribution in [0.5, 0.6) is 0 Å². The fraction of sp³-hybridized carbons (Fsp3) is 0.333. The van der Waals surface area contributed by atoms with Crippen LogP contribution in [0, 0.1) is 0 Å². The minimum absolute atomic E-state index is 0.353. The van der Waals surface area contributed by atoms with Crippen LogP contribution < -0.4 is 5.32 Å². The summed E-state index contributed by atoms with van der Waals surface area (Å²) in [5.41, 5.74) is 1.30. The van der Waals surface area contributed by atoms with Gasteiger partial charge in [-0.1, -0.05) is 23.2 Å². The number of rotatable bonds is 6. The lowest BCUT2D eigenvalue weighted by atomic mass is 10.2. The summed E-state index contributed by atoms with van der Waals surface area (Å²) in [6, 6.07) is 8.05. The molecule has 1 aromatic heterocycles. The zero-order chi connectivity index (χ0) is 14.5. The highest BCUT2D eigenvalue weighted by atomic mass is 35.5. The summed E-state index contributed by atoms with van der Waals surface area (Å²) in [5.74, 6) is 0.956. The molecule has 5 heteroatoms. The monoisotopic (exact) mass is 328 g/mol. The molecule has 1 N–H and O–H groups in total. The third-order valence-corrected chi connectivity index (χ3v) is 4.79. The maximum Gasteiger partial charge on any atom is 0.0542 e. The number of nitrogens with zero attached hydrogens (tertiary/aromatic N) is 1. The molecule has 0 fully saturated rings. The normalized spacial score (nSPS) is 12.6. The second kappa shape index (κ2) is 7.41. The van der Waals surface area contributed by atoms with E-state index >= 15 is 0 Å². The second-order valence-corrected chi connectivity index (χ2v) is 6.69. The average molecular weight is 329 g/mol. The fourth-order valence-corrected chi connectivity index (χ4v) is 3.30. The number of halogens is 2. The molecular weight excluding hydrogens is 311 g/mol. The third kappa shape index (κ3) is 4.45. The third-order valence-electron chi connectivity index (χ3n) is 3.06. The van der Waals surface area contributed by atoms with Crippen LogP contribution >= 0.6 is 35.0 Å². The Morgan fingerprint density at radius 1 is 1.30 bits per heavy atom. The molecule has 2 nitrogen and oxygen atoms in total. The summed E-state index contributed by atoms with van der Waals surface area (Å²) >= 11 is 13.8. The molecule has 0 saturated heterocycles. The molecular formula is C15H18Cl2N2S. The molecule has 20 heavy (non-hydrogen) atoms. The van der Waals surface area contributed by atoms with Crippen molar-refractivity contribution in [2.45, 2.75) is 17.9 Å². The molecule has 1 unspecified atom stereocenters. The van der Waals surface area contributed by atoms with E-state index in [1.807, 2.05) is 25.2 Å². The number of thioether (sulfide) groups is 1. The molecule has 0 aliphatic heterocycles. The van der Waals surface area contributed by atoms with E-state index in [1.54, 1.807) is 11.8 Å². The molecule has 2 rings (SSSR count). The molecule has 0 radical (unpaired) electrons. The molecule has 1 aromatic carbocycles. The first-order chi connectivity index (χ1) is 9.56. The van der Waals surface area contributed by atoms with Crippen molar-refractivity contribution in [3.8, 4) is 0 Å². The van der Waals surface area contributed by atoms with Gasteiger partial charge in [-0.05, 0) is 36.8 Å². The molecule has 0 spiro atoms. The molecule has 1 heterocycles. The largest absolute Gasteiger partial charge is 0.357 e. The minimum atomic E-state index is 0.353. The van der Waals surface area contributed by atoms with Crippen molar-refractivity contribution < 1.29 is 0 Å². The van der Waals surface area contributed by atoms with Crippen molar-refractivity contribution in [1.29, 1.82) is 0 Å². The number of benzene rings is 1. The summed E-state index contributed by atoms with van der Waals surface area (Å²) in [7, 11) is 2.03. The molecule has 0 amide bonds. The topological polar surface area (TPSA) is 17.0 Å². The van der Waals surface area contributed by atoms with Gasteiger partial charge in [-0.15, -0.1) is 11.8 Å². The summed E-state index contributed by atoms with van der Waals surface area (Å²) < 4.78 is 2.06. The van der Waals surface area contributed by atoms with Crippen molar-refractivity contribution in [2.75, 3.05) is 12.3 Å². The Labute approximate surface area is 134 Å². The second-order valence-electron chi connectivity index (χ2n) is 4.71. The van der Waals surface area contributed by atoms with Gasteiger partial charge in [-0.2, -0.15) is 0 Å². The van der Waals surface area contributed by atoms with E-state index in [0.29, 0.717) is 6.04 Å². The molecule has 0 aliphatic carbocycles. The number of nitrogens with one attached hydrogen (secondary N) is 1. The molecule has 0 aliphatic rings. The summed E-state index contributed by atoms with van der Waals surface area (Å²) in [5, 5.41) is 4.99. The standard InChI is InChI=1S/C15H18Cl2N2S/c1-11(12-5-7-19(2)10-12)18-6-8-20-15-9-13(16)3-4-14(15)17/h3-5,7,9-11,18H,6,8H2,1-2H3. The highest BCUT2D eigenvalue weighted by Crippen LogP contribution is 2.29.